The number of hydrogen-bond donors (Lipinski definition) is 1. The van der Waals surface area contributed by atoms with Crippen LogP contribution in [0.2, 0.25) is 0 Å². The summed E-state index contributed by atoms with van der Waals surface area (Å²) < 4.78 is 40.4. The number of fused-ring (bicyclic) bond motifs is 3. The smallest absolute Gasteiger partial charge is 0.368 e. The van der Waals surface area contributed by atoms with Crippen LogP contribution in [0, 0.1) is 12.8 Å². The van der Waals surface area contributed by atoms with Gasteiger partial charge in [-0.2, -0.15) is 13.2 Å². The third-order valence-electron chi connectivity index (χ3n) is 7.43. The molecule has 0 aliphatic carbocycles. The molecule has 3 unspecified atom stereocenters. The van der Waals surface area contributed by atoms with Gasteiger partial charge in [-0.15, -0.1) is 0 Å². The second kappa shape index (κ2) is 9.52. The first-order chi connectivity index (χ1) is 17.2. The normalized spacial score (nSPS) is 20.4. The lowest BCUT2D eigenvalue weighted by Crippen LogP contribution is -2.61. The maximum absolute atomic E-state index is 13.6. The Kier molecular flexibility index (Phi) is 6.41. The van der Waals surface area contributed by atoms with Gasteiger partial charge in [-0.05, 0) is 61.7 Å². The summed E-state index contributed by atoms with van der Waals surface area (Å²) in [6.07, 6.45) is -4.15. The highest BCUT2D eigenvalue weighted by molar-refractivity contribution is 5.83. The minimum Gasteiger partial charge on any atom is -0.368 e. The maximum Gasteiger partial charge on any atom is 0.416 e. The van der Waals surface area contributed by atoms with Gasteiger partial charge in [0.2, 0.25) is 5.91 Å². The van der Waals surface area contributed by atoms with Gasteiger partial charge in [0.1, 0.15) is 0 Å². The zero-order valence-corrected chi connectivity index (χ0v) is 20.4. The number of benzene rings is 3. The van der Waals surface area contributed by atoms with E-state index >= 15 is 0 Å². The summed E-state index contributed by atoms with van der Waals surface area (Å²) in [7, 11) is 0. The van der Waals surface area contributed by atoms with E-state index in [1.165, 1.54) is 11.6 Å². The van der Waals surface area contributed by atoms with Crippen LogP contribution in [0.15, 0.2) is 72.8 Å². The lowest BCUT2D eigenvalue weighted by Gasteiger charge is -2.50. The van der Waals surface area contributed by atoms with Crippen molar-refractivity contribution in [2.75, 3.05) is 29.4 Å². The molecule has 1 N–H and O–H groups in total. The second-order valence-electron chi connectivity index (χ2n) is 9.84. The van der Waals surface area contributed by atoms with Crippen LogP contribution in [0.4, 0.5) is 24.5 Å². The van der Waals surface area contributed by atoms with Gasteiger partial charge in [0, 0.05) is 31.0 Å². The number of rotatable bonds is 4. The minimum atomic E-state index is -4.42. The maximum atomic E-state index is 13.6. The molecule has 2 heterocycles. The summed E-state index contributed by atoms with van der Waals surface area (Å²) in [4.78, 5) is 18.1. The van der Waals surface area contributed by atoms with E-state index in [1.807, 2.05) is 44.2 Å². The summed E-state index contributed by atoms with van der Waals surface area (Å²) in [5.41, 5.74) is 3.97. The molecule has 4 nitrogen and oxygen atoms in total. The van der Waals surface area contributed by atoms with Gasteiger partial charge < -0.3 is 15.1 Å². The molecule has 0 saturated carbocycles. The number of piperazine rings is 1. The average molecular weight is 494 g/mol. The van der Waals surface area contributed by atoms with Crippen molar-refractivity contribution in [3.8, 4) is 0 Å². The fourth-order valence-electron chi connectivity index (χ4n) is 5.43. The number of hydrogen-bond acceptors (Lipinski definition) is 3. The van der Waals surface area contributed by atoms with Crippen molar-refractivity contribution in [1.82, 2.24) is 5.32 Å². The van der Waals surface area contributed by atoms with E-state index in [1.54, 1.807) is 6.07 Å². The predicted molar refractivity (Wildman–Crippen MR) is 136 cm³/mol. The molecule has 2 aliphatic heterocycles. The van der Waals surface area contributed by atoms with Crippen LogP contribution < -0.4 is 15.1 Å². The second-order valence-corrected chi connectivity index (χ2v) is 9.84. The number of nitrogens with zero attached hydrogens (tertiary/aromatic N) is 2. The van der Waals surface area contributed by atoms with Crippen molar-refractivity contribution in [3.05, 3.63) is 95.1 Å². The molecular formula is C29H30F3N3O. The van der Waals surface area contributed by atoms with Gasteiger partial charge in [0.05, 0.1) is 23.6 Å². The van der Waals surface area contributed by atoms with Crippen LogP contribution in [-0.4, -0.2) is 31.6 Å². The van der Waals surface area contributed by atoms with E-state index in [0.717, 1.165) is 29.5 Å². The van der Waals surface area contributed by atoms with Gasteiger partial charge in [-0.1, -0.05) is 48.0 Å². The van der Waals surface area contributed by atoms with E-state index in [4.69, 9.17) is 0 Å². The van der Waals surface area contributed by atoms with Crippen LogP contribution in [0.5, 0.6) is 0 Å². The average Bonchev–Trinajstić information content (AvgIpc) is 2.88. The monoisotopic (exact) mass is 493 g/mol. The van der Waals surface area contributed by atoms with Crippen molar-refractivity contribution >= 4 is 17.3 Å². The van der Waals surface area contributed by atoms with E-state index in [-0.39, 0.29) is 24.4 Å². The Bertz CT molecular complexity index is 1230. The van der Waals surface area contributed by atoms with Crippen molar-refractivity contribution in [2.45, 2.75) is 38.5 Å². The van der Waals surface area contributed by atoms with Crippen LogP contribution in [0.25, 0.3) is 0 Å². The lowest BCUT2D eigenvalue weighted by molar-refractivity contribution is -0.137. The number of anilines is 2. The summed E-state index contributed by atoms with van der Waals surface area (Å²) in [5.74, 6) is -0.601. The van der Waals surface area contributed by atoms with Crippen molar-refractivity contribution in [1.29, 1.82) is 0 Å². The molecule has 2 aliphatic rings. The van der Waals surface area contributed by atoms with Crippen LogP contribution >= 0.6 is 0 Å². The molecule has 188 valence electrons. The Hall–Kier alpha value is -3.48. The molecule has 0 aromatic heterocycles. The molecule has 7 heteroatoms. The molecule has 3 aromatic carbocycles. The van der Waals surface area contributed by atoms with Gasteiger partial charge in [-0.3, -0.25) is 4.79 Å². The molecule has 3 aromatic rings. The highest BCUT2D eigenvalue weighted by atomic mass is 19.4. The molecule has 0 spiro atoms. The fourth-order valence-corrected chi connectivity index (χ4v) is 5.43. The van der Waals surface area contributed by atoms with E-state index in [2.05, 4.69) is 39.4 Å². The number of halogens is 3. The minimum absolute atomic E-state index is 0.129. The van der Waals surface area contributed by atoms with E-state index in [9.17, 15) is 18.0 Å². The third kappa shape index (κ3) is 4.79. The Labute approximate surface area is 209 Å². The Morgan fingerprint density at radius 2 is 1.72 bits per heavy atom. The first-order valence-electron chi connectivity index (χ1n) is 12.3. The first kappa shape index (κ1) is 24.2. The van der Waals surface area contributed by atoms with Crippen molar-refractivity contribution in [3.63, 3.8) is 0 Å². The van der Waals surface area contributed by atoms with Crippen LogP contribution in [-0.2, 0) is 17.4 Å². The van der Waals surface area contributed by atoms with Crippen LogP contribution in [0.1, 0.15) is 35.2 Å². The topological polar surface area (TPSA) is 35.6 Å². The molecule has 36 heavy (non-hydrogen) atoms. The molecule has 0 bridgehead atoms. The largest absolute Gasteiger partial charge is 0.416 e. The van der Waals surface area contributed by atoms with Gasteiger partial charge >= 0.3 is 6.18 Å². The number of carbonyl (C=O) groups excluding carboxylic acids is 1. The third-order valence-corrected chi connectivity index (χ3v) is 7.43. The summed E-state index contributed by atoms with van der Waals surface area (Å²) in [5, 5.41) is 3.13. The molecule has 1 saturated heterocycles. The summed E-state index contributed by atoms with van der Waals surface area (Å²) in [6, 6.07) is 21.6. The number of alkyl halides is 3. The standard InChI is InChI=1S/C29H30F3N3O/c1-19-8-11-24(12-9-19)34-14-15-35-26-13-10-23(29(30,31)32)16-22(26)17-25(27(35)18-34)28(36)33-20(2)21-6-4-3-5-7-21/h3-13,16,20,25,27H,14-15,17-18H2,1-2H3,(H,33,36). The Morgan fingerprint density at radius 3 is 2.42 bits per heavy atom. The number of carbonyl (C=O) groups is 1. The number of amides is 1. The number of aryl methyl sites for hydroxylation is 1. The zero-order valence-electron chi connectivity index (χ0n) is 20.4. The molecule has 0 radical (unpaired) electrons. The zero-order chi connectivity index (χ0) is 25.4. The SMILES string of the molecule is Cc1ccc(N2CCN3c4ccc(C(F)(F)F)cc4CC(C(=O)NC(C)c4ccccc4)C3C2)cc1. The lowest BCUT2D eigenvalue weighted by atomic mass is 9.82. The quantitative estimate of drug-likeness (QED) is 0.502. The Morgan fingerprint density at radius 1 is 1.00 bits per heavy atom. The molecular weight excluding hydrogens is 463 g/mol. The van der Waals surface area contributed by atoms with E-state index in [0.29, 0.717) is 18.7 Å². The van der Waals surface area contributed by atoms with Gasteiger partial charge in [0.15, 0.2) is 0 Å². The highest BCUT2D eigenvalue weighted by Gasteiger charge is 2.43. The summed E-state index contributed by atoms with van der Waals surface area (Å²) in [6.45, 7) is 5.97. The van der Waals surface area contributed by atoms with E-state index < -0.39 is 17.7 Å². The summed E-state index contributed by atoms with van der Waals surface area (Å²) >= 11 is 0. The predicted octanol–water partition coefficient (Wildman–Crippen LogP) is 5.76. The molecule has 5 rings (SSSR count). The fraction of sp³-hybridized carbons (Fsp3) is 0.345. The van der Waals surface area contributed by atoms with Crippen LogP contribution in [0.3, 0.4) is 0 Å². The van der Waals surface area contributed by atoms with Gasteiger partial charge in [0.25, 0.3) is 0 Å². The van der Waals surface area contributed by atoms with Gasteiger partial charge in [-0.25, -0.2) is 0 Å². The van der Waals surface area contributed by atoms with Crippen molar-refractivity contribution in [2.24, 2.45) is 5.92 Å². The molecule has 3 atom stereocenters. The first-order valence-corrected chi connectivity index (χ1v) is 12.3. The Balaban J connectivity index is 1.46. The van der Waals surface area contributed by atoms with Crippen molar-refractivity contribution < 1.29 is 18.0 Å². The highest BCUT2D eigenvalue weighted by Crippen LogP contribution is 2.40. The number of nitrogens with one attached hydrogen (secondary N) is 1. The molecule has 1 fully saturated rings. The molecule has 1 amide bonds.